The van der Waals surface area contributed by atoms with Crippen molar-refractivity contribution in [3.8, 4) is 0 Å². The van der Waals surface area contributed by atoms with Crippen LogP contribution in [0.5, 0.6) is 0 Å². The van der Waals surface area contributed by atoms with Crippen molar-refractivity contribution < 1.29 is 145 Å². The Balaban J connectivity index is 0.748. The van der Waals surface area contributed by atoms with Crippen molar-refractivity contribution in [2.45, 2.75) is 189 Å². The molecule has 8 aromatic heterocycles. The summed E-state index contributed by atoms with van der Waals surface area (Å²) in [7, 11) is -0.784. The Bertz CT molecular complexity index is 6440. The van der Waals surface area contributed by atoms with Gasteiger partial charge in [-0.25, -0.2) is 39.1 Å². The predicted molar refractivity (Wildman–Crippen MR) is 485 cm³/mol. The SMILES string of the molecule is CC[C@H]1O[C@@H](n2cc(C)c(N)nc2=O)C[C@H]1OP([O-])(=S)OC[C@H]1O[C@@H](n2cc(C)c(=O)[nH]c2=O)C[C@H]1OP(=O)([S-])OC[C@H]1O[C@@H](n2cnc3c(N)ncnc32)C(OCCOC)[C@H]1OP(=O)([O-])OC[C@H]1O[C@@H](n2cnc3c(=O)[nH]c(N)nc32)C(OCCOC)[C@H]1OP([O-])(=S)OC[C@H]1O[C@@H](n2cc(C)c(=O)[nH]c2=O)C(OCCOC)[C@H]1OP([O-])(=S)OC[C@H]1O[C@@H](n2cc(C)c(N)nc2=O)C(OCCOC)[C@H]1O. The average molecular weight is 2150 g/mol. The number of anilines is 4. The Kier molecular flexibility index (Phi) is 35.9. The van der Waals surface area contributed by atoms with E-state index < -0.39 is 255 Å². The monoisotopic (exact) mass is 2150 g/mol. The minimum absolute atomic E-state index is 0.00672. The molecular formula is C73H100N20O38P5S4-5. The summed E-state index contributed by atoms with van der Waals surface area (Å²) in [5.41, 5.74) is 18.2. The van der Waals surface area contributed by atoms with Crippen LogP contribution < -0.4 is 81.9 Å². The molecule has 0 saturated carbocycles. The van der Waals surface area contributed by atoms with Crippen molar-refractivity contribution in [1.29, 1.82) is 0 Å². The number of nitrogens with zero attached hydrogens (tertiary/aromatic N) is 13. The van der Waals surface area contributed by atoms with Crippen LogP contribution >= 0.6 is 34.8 Å². The first kappa shape index (κ1) is 109. The van der Waals surface area contributed by atoms with Gasteiger partial charge in [-0.1, -0.05) is 42.3 Å². The molecule has 8 aromatic rings. The molecule has 0 aliphatic carbocycles. The van der Waals surface area contributed by atoms with Crippen molar-refractivity contribution >= 4 is 128 Å². The largest absolute Gasteiger partial charge is 0.780 e. The van der Waals surface area contributed by atoms with E-state index >= 15 is 18.9 Å². The highest BCUT2D eigenvalue weighted by atomic mass is 32.7. The van der Waals surface area contributed by atoms with E-state index in [4.69, 9.17) is 182 Å². The van der Waals surface area contributed by atoms with E-state index in [0.29, 0.717) is 11.1 Å². The molecule has 27 atom stereocenters. The number of nitrogen functional groups attached to an aromatic ring is 4. The van der Waals surface area contributed by atoms with Gasteiger partial charge in [0, 0.05) is 88.3 Å². The molecule has 67 heteroatoms. The van der Waals surface area contributed by atoms with Crippen molar-refractivity contribution in [3.63, 3.8) is 0 Å². The summed E-state index contributed by atoms with van der Waals surface area (Å²) in [6.07, 6.45) is -26.9. The number of rotatable bonds is 48. The summed E-state index contributed by atoms with van der Waals surface area (Å²) in [6.45, 7) is -19.4. The fourth-order valence-electron chi connectivity index (χ4n) is 16.0. The van der Waals surface area contributed by atoms with Gasteiger partial charge in [0.15, 0.2) is 54.3 Å². The summed E-state index contributed by atoms with van der Waals surface area (Å²) in [6, 6.07) is 0. The highest BCUT2D eigenvalue weighted by Crippen LogP contribution is 2.56. The second-order valence-corrected chi connectivity index (χ2v) is 44.4. The van der Waals surface area contributed by atoms with Crippen molar-refractivity contribution in [2.24, 2.45) is 0 Å². The molecule has 0 radical (unpaired) electrons. The predicted octanol–water partition coefficient (Wildman–Crippen LogP) is -3.92. The number of fused-ring (bicyclic) bond motifs is 2. The maximum Gasteiger partial charge on any atom is 0.351 e. The number of aliphatic hydroxyl groups excluding tert-OH is 1. The highest BCUT2D eigenvalue weighted by Gasteiger charge is 2.56. The molecular weight excluding hydrogens is 2050 g/mol. The van der Waals surface area contributed by atoms with Gasteiger partial charge < -0.3 is 171 Å². The molecule has 6 saturated heterocycles. The summed E-state index contributed by atoms with van der Waals surface area (Å²) in [5, 5.41) is 11.8. The van der Waals surface area contributed by atoms with Crippen molar-refractivity contribution in [2.75, 3.05) is 137 Å². The van der Waals surface area contributed by atoms with Gasteiger partial charge in [-0.15, -0.1) is 0 Å². The molecule has 774 valence electrons. The fraction of sp³-hybridized carbons (Fsp3) is 0.644. The molecule has 14 heterocycles. The quantitative estimate of drug-likeness (QED) is 0.0103. The van der Waals surface area contributed by atoms with E-state index in [9.17, 15) is 48.5 Å². The normalized spacial score (nSPS) is 29.2. The Morgan fingerprint density at radius 1 is 0.436 bits per heavy atom. The van der Waals surface area contributed by atoms with Gasteiger partial charge in [-0.05, 0) is 34.1 Å². The Hall–Kier alpha value is -7.18. The number of ether oxygens (including phenoxy) is 14. The van der Waals surface area contributed by atoms with Gasteiger partial charge in [0.05, 0.1) is 117 Å². The standard InChI is InChI=1S/C73H105N20O38P5S4/c1-10-37-38(19-45(121-37)88-21-33(2)57(74)82-70(88)98)127-133(104,137)117-25-40-39(20-46(122-40)89-23-35(4)62(95)86-72(89)100)128-134(105,138)119-28-43-50(54(113-16-12-109-7)67(126-43)92-31-80-47-59(76)78-30-79-60(47)92)129-132(102,103)116-27-42-51(56(115-18-14-111-9)68(125-42)93-32-81-48-61(93)84-69(77)85-64(48)97)130-136(107,140)120-29-44-52(55(114-17-13-110-8)66(124-44)91-24-36(5)63(96)87-73(91)101)131-135(106,139)118-26-41-49(94)53(112-15-11-108-6)65(123-41)90-22-34(3)58(75)83-71(90)99/h21-24,30-32,37-46,49-56,65-68,94H,10-20,25-29H2,1-9H3,(H,102,103)(H,104,137)(H,105,138)(H,106,139)(H,107,140)(H2,74,82,98)(H2,75,83,99)(H2,76,78,79)(H,86,95,100)(H,87,96,101)(H3,77,84,85,97)/p-5/t37-,38-,39-,40-,41-,42-,43-,44-,45-,46-,49+,50+,51+,52+,53?,54?,55?,56?,65-,66-,67-,68-,133?,134?,135?,136?/m1/s1. The van der Waals surface area contributed by atoms with E-state index in [1.165, 1.54) is 70.1 Å². The smallest absolute Gasteiger partial charge is 0.351 e. The third-order valence-corrected chi connectivity index (χ3v) is 30.0. The maximum absolute atomic E-state index is 15.5. The lowest BCUT2D eigenvalue weighted by atomic mass is 10.1. The van der Waals surface area contributed by atoms with Crippen LogP contribution in [0, 0.1) is 27.7 Å². The molecule has 14 rings (SSSR count). The second-order valence-electron chi connectivity index (χ2n) is 32.2. The van der Waals surface area contributed by atoms with Gasteiger partial charge >= 0.3 is 22.8 Å². The molecule has 6 aliphatic heterocycles. The maximum atomic E-state index is 15.5. The summed E-state index contributed by atoms with van der Waals surface area (Å²) >= 11 is 22.2. The van der Waals surface area contributed by atoms with Gasteiger partial charge in [0.25, 0.3) is 24.5 Å². The molecule has 140 heavy (non-hydrogen) atoms. The molecule has 0 bridgehead atoms. The number of nitrogens with one attached hydrogen (secondary N) is 3. The number of phosphoric acid groups is 1. The van der Waals surface area contributed by atoms with E-state index in [1.54, 1.807) is 20.8 Å². The van der Waals surface area contributed by atoms with Gasteiger partial charge in [-0.3, -0.25) is 65.9 Å². The lowest BCUT2D eigenvalue weighted by Crippen LogP contribution is -2.42. The Morgan fingerprint density at radius 3 is 1.39 bits per heavy atom. The topological polar surface area (TPSA) is 759 Å². The summed E-state index contributed by atoms with van der Waals surface area (Å²) < 4.78 is 181. The van der Waals surface area contributed by atoms with Gasteiger partial charge in [0.1, 0.15) is 135 Å². The molecule has 0 spiro atoms. The van der Waals surface area contributed by atoms with E-state index in [2.05, 4.69) is 49.8 Å². The van der Waals surface area contributed by atoms with Crippen LogP contribution in [0.4, 0.5) is 23.4 Å². The molecule has 9 unspecified atom stereocenters. The third-order valence-electron chi connectivity index (χ3n) is 22.8. The number of phosphoric ester groups is 1. The molecule has 0 amide bonds. The third kappa shape index (κ3) is 25.5. The number of aryl methyl sites for hydroxylation is 4. The average Bonchev–Trinajstić information content (AvgIpc) is 1.61. The number of methoxy groups -OCH3 is 4. The fourth-order valence-corrected chi connectivity index (χ4v) is 22.7. The number of nitrogens with two attached hydrogens (primary N) is 4. The minimum atomic E-state index is -6.12. The summed E-state index contributed by atoms with van der Waals surface area (Å²) in [4.78, 5) is 188. The van der Waals surface area contributed by atoms with Gasteiger partial charge in [0.2, 0.25) is 5.95 Å². The number of aromatic nitrogens is 16. The van der Waals surface area contributed by atoms with E-state index in [0.717, 1.165) is 43.3 Å². The van der Waals surface area contributed by atoms with Crippen LogP contribution in [-0.4, -0.2) is 294 Å². The number of H-pyrrole nitrogens is 3. The molecule has 58 nitrogen and oxygen atoms in total. The van der Waals surface area contributed by atoms with E-state index in [1.807, 2.05) is 0 Å². The van der Waals surface area contributed by atoms with Crippen LogP contribution in [0.2, 0.25) is 0 Å². The van der Waals surface area contributed by atoms with Crippen LogP contribution in [-0.2, 0) is 168 Å². The van der Waals surface area contributed by atoms with Crippen LogP contribution in [0.15, 0.2) is 77.3 Å². The first-order valence-electron chi connectivity index (χ1n) is 42.6. The zero-order chi connectivity index (χ0) is 101. The van der Waals surface area contributed by atoms with Crippen LogP contribution in [0.1, 0.15) is 85.8 Å². The second kappa shape index (κ2) is 46.3. The first-order chi connectivity index (χ1) is 66.4. The minimum Gasteiger partial charge on any atom is -0.780 e. The lowest BCUT2D eigenvalue weighted by Gasteiger charge is -2.37. The van der Waals surface area contributed by atoms with Crippen LogP contribution in [0.25, 0.3) is 22.3 Å². The highest BCUT2D eigenvalue weighted by molar-refractivity contribution is 8.32. The zero-order valence-electron chi connectivity index (χ0n) is 75.6. The molecule has 6 fully saturated rings. The molecule has 6 aliphatic rings. The number of aliphatic hydroxyl groups is 1. The van der Waals surface area contributed by atoms with Crippen LogP contribution in [0.3, 0.4) is 0 Å². The lowest BCUT2D eigenvalue weighted by molar-refractivity contribution is -0.237. The number of imidazole rings is 2. The number of aromatic amines is 3. The Labute approximate surface area is 811 Å². The van der Waals surface area contributed by atoms with Crippen molar-refractivity contribution in [3.05, 3.63) is 139 Å². The molecule has 12 N–H and O–H groups in total. The Morgan fingerprint density at radius 2 is 0.850 bits per heavy atom. The first-order valence-corrected chi connectivity index (χ1v) is 54.3. The zero-order valence-corrected chi connectivity index (χ0v) is 83.3. The number of hydrogen-bond donors (Lipinski definition) is 8. The van der Waals surface area contributed by atoms with Crippen molar-refractivity contribution in [1.82, 2.24) is 77.2 Å². The van der Waals surface area contributed by atoms with E-state index in [-0.39, 0.29) is 117 Å². The molecule has 0 aromatic carbocycles. The summed E-state index contributed by atoms with van der Waals surface area (Å²) in [5.74, 6) is -0.667. The number of hydrogen-bond acceptors (Lipinski definition) is 53. The van der Waals surface area contributed by atoms with Gasteiger partial charge in [-0.2, -0.15) is 15.0 Å².